The Bertz CT molecular complexity index is 916. The van der Waals surface area contributed by atoms with Gasteiger partial charge in [0.2, 0.25) is 5.91 Å². The minimum absolute atomic E-state index is 0.00617. The number of nitrogens with zero attached hydrogens (tertiary/aromatic N) is 1. The van der Waals surface area contributed by atoms with E-state index in [1.165, 1.54) is 4.88 Å². The van der Waals surface area contributed by atoms with Crippen molar-refractivity contribution in [3.05, 3.63) is 52.4 Å². The predicted molar refractivity (Wildman–Crippen MR) is 109 cm³/mol. The van der Waals surface area contributed by atoms with Crippen molar-refractivity contribution in [2.75, 3.05) is 40.0 Å². The lowest BCUT2D eigenvalue weighted by Gasteiger charge is -2.34. The van der Waals surface area contributed by atoms with Crippen LogP contribution in [0.3, 0.4) is 0 Å². The zero-order valence-electron chi connectivity index (χ0n) is 15.8. The van der Waals surface area contributed by atoms with Crippen LogP contribution in [-0.2, 0) is 16.0 Å². The summed E-state index contributed by atoms with van der Waals surface area (Å²) >= 11 is 1.73. The first-order valence-electron chi connectivity index (χ1n) is 9.40. The first-order chi connectivity index (χ1) is 13.7. The Hall–Kier alpha value is -2.35. The van der Waals surface area contributed by atoms with E-state index in [0.717, 1.165) is 48.6 Å². The Kier molecular flexibility index (Phi) is 5.95. The third-order valence-corrected chi connectivity index (χ3v) is 6.04. The van der Waals surface area contributed by atoms with Crippen LogP contribution in [0.5, 0.6) is 5.75 Å². The third kappa shape index (κ3) is 4.22. The second-order valence-electron chi connectivity index (χ2n) is 6.78. The van der Waals surface area contributed by atoms with Gasteiger partial charge in [-0.15, -0.1) is 11.3 Å². The molecule has 0 aliphatic carbocycles. The van der Waals surface area contributed by atoms with E-state index in [9.17, 15) is 4.79 Å². The van der Waals surface area contributed by atoms with Gasteiger partial charge in [0.25, 0.3) is 0 Å². The van der Waals surface area contributed by atoms with Gasteiger partial charge in [-0.1, -0.05) is 6.07 Å². The molecule has 2 aromatic heterocycles. The SMILES string of the molecule is COc1ccc2c(CC(=O)NCC(c3cccs3)N3CCOCC3)coc2c1. The number of hydrogen-bond donors (Lipinski definition) is 1. The van der Waals surface area contributed by atoms with E-state index in [0.29, 0.717) is 13.0 Å². The molecule has 1 N–H and O–H groups in total. The van der Waals surface area contributed by atoms with Gasteiger partial charge < -0.3 is 19.2 Å². The van der Waals surface area contributed by atoms with Crippen molar-refractivity contribution < 1.29 is 18.7 Å². The lowest BCUT2D eigenvalue weighted by molar-refractivity contribution is -0.120. The minimum atomic E-state index is -0.00617. The van der Waals surface area contributed by atoms with Crippen LogP contribution in [0.1, 0.15) is 16.5 Å². The summed E-state index contributed by atoms with van der Waals surface area (Å²) in [7, 11) is 1.62. The number of carbonyl (C=O) groups excluding carboxylic acids is 1. The van der Waals surface area contributed by atoms with Gasteiger partial charge in [-0.05, 0) is 23.6 Å². The zero-order valence-corrected chi connectivity index (χ0v) is 16.7. The number of ether oxygens (including phenoxy) is 2. The topological polar surface area (TPSA) is 63.9 Å². The Labute approximate surface area is 168 Å². The number of carbonyl (C=O) groups is 1. The van der Waals surface area contributed by atoms with Crippen molar-refractivity contribution in [2.24, 2.45) is 0 Å². The van der Waals surface area contributed by atoms with Crippen LogP contribution < -0.4 is 10.1 Å². The number of furan rings is 1. The van der Waals surface area contributed by atoms with Crippen molar-refractivity contribution in [3.8, 4) is 5.75 Å². The molecule has 0 bridgehead atoms. The molecular weight excluding hydrogens is 376 g/mol. The number of thiophene rings is 1. The van der Waals surface area contributed by atoms with Crippen LogP contribution in [0.15, 0.2) is 46.4 Å². The van der Waals surface area contributed by atoms with Crippen LogP contribution >= 0.6 is 11.3 Å². The molecule has 0 saturated carbocycles. The molecule has 1 aliphatic rings. The maximum absolute atomic E-state index is 12.6. The van der Waals surface area contributed by atoms with Crippen molar-refractivity contribution in [2.45, 2.75) is 12.5 Å². The number of hydrogen-bond acceptors (Lipinski definition) is 6. The van der Waals surface area contributed by atoms with Gasteiger partial charge in [-0.25, -0.2) is 0 Å². The normalized spacial score (nSPS) is 16.2. The average Bonchev–Trinajstić information content (AvgIpc) is 3.39. The Morgan fingerprint density at radius 2 is 2.18 bits per heavy atom. The number of benzene rings is 1. The van der Waals surface area contributed by atoms with E-state index < -0.39 is 0 Å². The van der Waals surface area contributed by atoms with Crippen molar-refractivity contribution in [1.82, 2.24) is 10.2 Å². The predicted octanol–water partition coefficient (Wildman–Crippen LogP) is 3.24. The van der Waals surface area contributed by atoms with Crippen LogP contribution in [0, 0.1) is 0 Å². The summed E-state index contributed by atoms with van der Waals surface area (Å²) in [4.78, 5) is 16.3. The minimum Gasteiger partial charge on any atom is -0.497 e. The molecule has 4 rings (SSSR count). The maximum atomic E-state index is 12.6. The fourth-order valence-corrected chi connectivity index (χ4v) is 4.41. The van der Waals surface area contributed by atoms with Gasteiger partial charge in [0, 0.05) is 41.5 Å². The summed E-state index contributed by atoms with van der Waals surface area (Å²) < 4.78 is 16.3. The summed E-state index contributed by atoms with van der Waals surface area (Å²) in [5.74, 6) is 0.732. The summed E-state index contributed by atoms with van der Waals surface area (Å²) in [6.45, 7) is 3.82. The first kappa shape index (κ1) is 19.0. The van der Waals surface area contributed by atoms with E-state index in [1.54, 1.807) is 24.7 Å². The second-order valence-corrected chi connectivity index (χ2v) is 7.76. The van der Waals surface area contributed by atoms with Gasteiger partial charge in [0.05, 0.1) is 39.0 Å². The lowest BCUT2D eigenvalue weighted by atomic mass is 10.1. The van der Waals surface area contributed by atoms with E-state index in [2.05, 4.69) is 27.7 Å². The Morgan fingerprint density at radius 3 is 2.93 bits per heavy atom. The molecule has 0 radical (unpaired) electrons. The highest BCUT2D eigenvalue weighted by Gasteiger charge is 2.24. The first-order valence-corrected chi connectivity index (χ1v) is 10.3. The fraction of sp³-hybridized carbons (Fsp3) is 0.381. The highest BCUT2D eigenvalue weighted by molar-refractivity contribution is 7.10. The molecule has 1 saturated heterocycles. The fourth-order valence-electron chi connectivity index (χ4n) is 3.55. The smallest absolute Gasteiger partial charge is 0.224 e. The molecular formula is C21H24N2O4S. The lowest BCUT2D eigenvalue weighted by Crippen LogP contribution is -2.43. The number of nitrogens with one attached hydrogen (secondary N) is 1. The third-order valence-electron chi connectivity index (χ3n) is 5.06. The van der Waals surface area contributed by atoms with Gasteiger partial charge in [0.1, 0.15) is 11.3 Å². The molecule has 1 unspecified atom stereocenters. The van der Waals surface area contributed by atoms with Gasteiger partial charge in [-0.2, -0.15) is 0 Å². The molecule has 1 fully saturated rings. The van der Waals surface area contributed by atoms with E-state index in [-0.39, 0.29) is 11.9 Å². The molecule has 1 aliphatic heterocycles. The highest BCUT2D eigenvalue weighted by Crippen LogP contribution is 2.27. The number of fused-ring (bicyclic) bond motifs is 1. The molecule has 1 atom stereocenters. The van der Waals surface area contributed by atoms with E-state index in [4.69, 9.17) is 13.9 Å². The molecule has 3 aromatic rings. The number of methoxy groups -OCH3 is 1. The quantitative estimate of drug-likeness (QED) is 0.660. The van der Waals surface area contributed by atoms with Crippen LogP contribution in [0.25, 0.3) is 11.0 Å². The summed E-state index contributed by atoms with van der Waals surface area (Å²) in [6.07, 6.45) is 1.95. The highest BCUT2D eigenvalue weighted by atomic mass is 32.1. The van der Waals surface area contributed by atoms with Crippen molar-refractivity contribution >= 4 is 28.2 Å². The van der Waals surface area contributed by atoms with E-state index >= 15 is 0 Å². The molecule has 148 valence electrons. The molecule has 6 nitrogen and oxygen atoms in total. The number of amides is 1. The zero-order chi connectivity index (χ0) is 19.3. The van der Waals surface area contributed by atoms with E-state index in [1.807, 2.05) is 18.2 Å². The molecule has 1 amide bonds. The Morgan fingerprint density at radius 1 is 1.32 bits per heavy atom. The summed E-state index contributed by atoms with van der Waals surface area (Å²) in [5, 5.41) is 6.14. The van der Waals surface area contributed by atoms with Crippen molar-refractivity contribution in [3.63, 3.8) is 0 Å². The van der Waals surface area contributed by atoms with Gasteiger partial charge in [-0.3, -0.25) is 9.69 Å². The number of rotatable bonds is 7. The second kappa shape index (κ2) is 8.77. The standard InChI is InChI=1S/C21H24N2O4S/c1-25-16-4-5-17-15(14-27-19(17)12-16)11-21(24)22-13-18(20-3-2-10-28-20)23-6-8-26-9-7-23/h2-5,10,12,14,18H,6-9,11,13H2,1H3,(H,22,24). The van der Waals surface area contributed by atoms with Crippen LogP contribution in [0.2, 0.25) is 0 Å². The molecule has 28 heavy (non-hydrogen) atoms. The monoisotopic (exact) mass is 400 g/mol. The van der Waals surface area contributed by atoms with Crippen molar-refractivity contribution in [1.29, 1.82) is 0 Å². The average molecular weight is 401 g/mol. The maximum Gasteiger partial charge on any atom is 0.224 e. The molecule has 0 spiro atoms. The largest absolute Gasteiger partial charge is 0.497 e. The number of morpholine rings is 1. The van der Waals surface area contributed by atoms with Gasteiger partial charge >= 0.3 is 0 Å². The van der Waals surface area contributed by atoms with Crippen LogP contribution in [-0.4, -0.2) is 50.8 Å². The summed E-state index contributed by atoms with van der Waals surface area (Å²) in [6, 6.07) is 10.0. The van der Waals surface area contributed by atoms with Crippen LogP contribution in [0.4, 0.5) is 0 Å². The Balaban J connectivity index is 1.41. The molecule has 1 aromatic carbocycles. The van der Waals surface area contributed by atoms with Gasteiger partial charge in [0.15, 0.2) is 0 Å². The molecule has 3 heterocycles. The molecule has 7 heteroatoms. The summed E-state index contributed by atoms with van der Waals surface area (Å²) in [5.41, 5.74) is 1.61.